The average Bonchev–Trinajstić information content (AvgIpc) is 3.18. The Kier molecular flexibility index (Phi) is 3.71. The SMILES string of the molecule is O=C([C@@H]1Oc2ccc3ccccc3c2[C@H]1c1ccncc1)C12CC3CC(CC(C3)C1)C2. The summed E-state index contributed by atoms with van der Waals surface area (Å²) in [5.41, 5.74) is 2.14. The number of fused-ring (bicyclic) bond motifs is 3. The Labute approximate surface area is 182 Å². The van der Waals surface area contributed by atoms with Gasteiger partial charge in [0.05, 0.1) is 5.92 Å². The Bertz CT molecular complexity index is 1150. The fourth-order valence-electron chi connectivity index (χ4n) is 7.89. The Morgan fingerprint density at radius 1 is 0.871 bits per heavy atom. The number of ketones is 1. The Morgan fingerprint density at radius 3 is 2.26 bits per heavy atom. The lowest BCUT2D eigenvalue weighted by Crippen LogP contribution is -2.54. The summed E-state index contributed by atoms with van der Waals surface area (Å²) in [5.74, 6) is 3.43. The van der Waals surface area contributed by atoms with Crippen LogP contribution in [0.4, 0.5) is 0 Å². The lowest BCUT2D eigenvalue weighted by Gasteiger charge is -2.56. The van der Waals surface area contributed by atoms with Crippen molar-refractivity contribution in [3.63, 3.8) is 0 Å². The van der Waals surface area contributed by atoms with Crippen LogP contribution in [0.5, 0.6) is 5.75 Å². The van der Waals surface area contributed by atoms with Crippen LogP contribution in [0, 0.1) is 23.2 Å². The van der Waals surface area contributed by atoms with Gasteiger partial charge in [0.1, 0.15) is 5.75 Å². The van der Waals surface area contributed by atoms with Gasteiger partial charge < -0.3 is 4.74 Å². The number of rotatable bonds is 3. The van der Waals surface area contributed by atoms with Crippen molar-refractivity contribution in [1.29, 1.82) is 0 Å². The second-order valence-corrected chi connectivity index (χ2v) is 10.6. The third-order valence-electron chi connectivity index (χ3n) is 8.68. The summed E-state index contributed by atoms with van der Waals surface area (Å²) >= 11 is 0. The molecule has 4 fully saturated rings. The molecule has 3 nitrogen and oxygen atoms in total. The van der Waals surface area contributed by atoms with Crippen molar-refractivity contribution in [2.45, 2.75) is 50.5 Å². The molecule has 2 atom stereocenters. The molecule has 0 saturated heterocycles. The molecule has 8 rings (SSSR count). The summed E-state index contributed by atoms with van der Waals surface area (Å²) in [7, 11) is 0. The minimum absolute atomic E-state index is 0.0652. The van der Waals surface area contributed by atoms with Crippen molar-refractivity contribution in [2.75, 3.05) is 0 Å². The topological polar surface area (TPSA) is 39.2 Å². The van der Waals surface area contributed by atoms with Crippen LogP contribution in [0.3, 0.4) is 0 Å². The highest BCUT2D eigenvalue weighted by atomic mass is 16.5. The highest BCUT2D eigenvalue weighted by Gasteiger charge is 2.58. The molecule has 4 bridgehead atoms. The minimum Gasteiger partial charge on any atom is -0.481 e. The molecule has 0 spiro atoms. The average molecular weight is 410 g/mol. The van der Waals surface area contributed by atoms with E-state index in [4.69, 9.17) is 4.74 Å². The highest BCUT2D eigenvalue weighted by Crippen LogP contribution is 2.62. The molecule has 1 aliphatic heterocycles. The van der Waals surface area contributed by atoms with E-state index in [-0.39, 0.29) is 11.3 Å². The first kappa shape index (κ1) is 17.9. The molecule has 156 valence electrons. The van der Waals surface area contributed by atoms with Crippen LogP contribution in [-0.4, -0.2) is 16.9 Å². The second kappa shape index (κ2) is 6.41. The van der Waals surface area contributed by atoms with Crippen molar-refractivity contribution in [3.8, 4) is 5.75 Å². The van der Waals surface area contributed by atoms with E-state index in [0.717, 1.165) is 48.3 Å². The van der Waals surface area contributed by atoms with Gasteiger partial charge in [-0.1, -0.05) is 30.3 Å². The molecule has 4 saturated carbocycles. The Morgan fingerprint density at radius 2 is 1.55 bits per heavy atom. The summed E-state index contributed by atoms with van der Waals surface area (Å²) < 4.78 is 6.56. The lowest BCUT2D eigenvalue weighted by atomic mass is 9.48. The predicted octanol–water partition coefficient (Wildman–Crippen LogP) is 5.91. The molecule has 2 aromatic carbocycles. The van der Waals surface area contributed by atoms with Crippen LogP contribution in [0.2, 0.25) is 0 Å². The number of nitrogens with zero attached hydrogens (tertiary/aromatic N) is 1. The molecule has 0 amide bonds. The van der Waals surface area contributed by atoms with Gasteiger partial charge in [-0.2, -0.15) is 0 Å². The van der Waals surface area contributed by atoms with E-state index >= 15 is 0 Å². The molecule has 3 heteroatoms. The monoisotopic (exact) mass is 409 g/mol. The first-order valence-corrected chi connectivity index (χ1v) is 11.8. The van der Waals surface area contributed by atoms with Crippen LogP contribution in [0.25, 0.3) is 10.8 Å². The summed E-state index contributed by atoms with van der Waals surface area (Å²) in [5, 5.41) is 2.40. The second-order valence-electron chi connectivity index (χ2n) is 10.6. The molecule has 0 unspecified atom stereocenters. The van der Waals surface area contributed by atoms with Gasteiger partial charge in [-0.3, -0.25) is 9.78 Å². The molecule has 5 aliphatic rings. The van der Waals surface area contributed by atoms with E-state index in [2.05, 4.69) is 53.5 Å². The minimum atomic E-state index is -0.431. The molecular formula is C28H27NO2. The fraction of sp³-hybridized carbons (Fsp3) is 0.429. The van der Waals surface area contributed by atoms with Gasteiger partial charge >= 0.3 is 0 Å². The summed E-state index contributed by atoms with van der Waals surface area (Å²) in [6.07, 6.45) is 10.5. The smallest absolute Gasteiger partial charge is 0.180 e. The first-order chi connectivity index (χ1) is 15.2. The van der Waals surface area contributed by atoms with Crippen molar-refractivity contribution >= 4 is 16.6 Å². The largest absolute Gasteiger partial charge is 0.481 e. The number of carbonyl (C=O) groups excluding carboxylic acids is 1. The van der Waals surface area contributed by atoms with Gasteiger partial charge in [0, 0.05) is 23.4 Å². The van der Waals surface area contributed by atoms with Gasteiger partial charge in [-0.15, -0.1) is 0 Å². The molecular weight excluding hydrogens is 382 g/mol. The van der Waals surface area contributed by atoms with E-state index in [1.165, 1.54) is 35.6 Å². The standard InChI is InChI=1S/C28H27NO2/c30-27(28-14-17-11-18(15-28)13-19(12-17)16-28)26-24(21-7-9-29-10-8-21)25-22-4-2-1-3-20(22)5-6-23(25)31-26/h1-10,17-19,24,26H,11-16H2/t17?,18?,19?,24-,26-,28?/m1/s1. The first-order valence-electron chi connectivity index (χ1n) is 11.8. The lowest BCUT2D eigenvalue weighted by molar-refractivity contribution is -0.151. The molecule has 0 N–H and O–H groups in total. The van der Waals surface area contributed by atoms with Gasteiger partial charge in [0.15, 0.2) is 11.9 Å². The normalized spacial score (nSPS) is 35.2. The fourth-order valence-corrected chi connectivity index (χ4v) is 7.89. The summed E-state index contributed by atoms with van der Waals surface area (Å²) in [6, 6.07) is 16.8. The predicted molar refractivity (Wildman–Crippen MR) is 120 cm³/mol. The summed E-state index contributed by atoms with van der Waals surface area (Å²) in [6.45, 7) is 0. The molecule has 0 radical (unpaired) electrons. The van der Waals surface area contributed by atoms with Crippen LogP contribution >= 0.6 is 0 Å². The molecule has 2 heterocycles. The zero-order valence-electron chi connectivity index (χ0n) is 17.7. The summed E-state index contributed by atoms with van der Waals surface area (Å²) in [4.78, 5) is 18.6. The van der Waals surface area contributed by atoms with Crippen molar-refractivity contribution in [2.24, 2.45) is 23.2 Å². The number of ether oxygens (including phenoxy) is 1. The number of benzene rings is 2. The Balaban J connectivity index is 1.36. The van der Waals surface area contributed by atoms with E-state index in [0.29, 0.717) is 5.78 Å². The van der Waals surface area contributed by atoms with Crippen molar-refractivity contribution < 1.29 is 9.53 Å². The zero-order chi connectivity index (χ0) is 20.6. The number of hydrogen-bond donors (Lipinski definition) is 0. The Hall–Kier alpha value is -2.68. The van der Waals surface area contributed by atoms with E-state index in [1.54, 1.807) is 0 Å². The van der Waals surface area contributed by atoms with Crippen LogP contribution in [0.15, 0.2) is 60.9 Å². The quantitative estimate of drug-likeness (QED) is 0.539. The van der Waals surface area contributed by atoms with Gasteiger partial charge in [-0.25, -0.2) is 0 Å². The van der Waals surface area contributed by atoms with Gasteiger partial charge in [-0.05, 0) is 90.8 Å². The molecule has 3 aromatic rings. The van der Waals surface area contributed by atoms with E-state index in [9.17, 15) is 4.79 Å². The molecule has 1 aromatic heterocycles. The number of carbonyl (C=O) groups is 1. The molecule has 31 heavy (non-hydrogen) atoms. The number of hydrogen-bond acceptors (Lipinski definition) is 3. The third-order valence-corrected chi connectivity index (χ3v) is 8.68. The highest BCUT2D eigenvalue weighted by molar-refractivity contribution is 5.96. The maximum absolute atomic E-state index is 14.3. The van der Waals surface area contributed by atoms with Gasteiger partial charge in [0.25, 0.3) is 0 Å². The third kappa shape index (κ3) is 2.58. The maximum atomic E-state index is 14.3. The number of pyridine rings is 1. The maximum Gasteiger partial charge on any atom is 0.180 e. The van der Waals surface area contributed by atoms with E-state index < -0.39 is 6.10 Å². The number of aromatic nitrogens is 1. The van der Waals surface area contributed by atoms with Gasteiger partial charge in [0.2, 0.25) is 0 Å². The van der Waals surface area contributed by atoms with Crippen LogP contribution < -0.4 is 4.74 Å². The van der Waals surface area contributed by atoms with Crippen molar-refractivity contribution in [3.05, 3.63) is 72.1 Å². The van der Waals surface area contributed by atoms with Crippen molar-refractivity contribution in [1.82, 2.24) is 4.98 Å². The van der Waals surface area contributed by atoms with E-state index in [1.807, 2.05) is 12.4 Å². The van der Waals surface area contributed by atoms with Crippen LogP contribution in [-0.2, 0) is 4.79 Å². The number of Topliss-reactive ketones (excluding diaryl/α,β-unsaturated/α-hetero) is 1. The molecule has 4 aliphatic carbocycles. The zero-order valence-corrected chi connectivity index (χ0v) is 17.7. The van der Waals surface area contributed by atoms with Crippen LogP contribution in [0.1, 0.15) is 55.6 Å².